The van der Waals surface area contributed by atoms with Gasteiger partial charge in [0.15, 0.2) is 0 Å². The Balaban J connectivity index is 2.11. The Morgan fingerprint density at radius 2 is 1.40 bits per heavy atom. The summed E-state index contributed by atoms with van der Waals surface area (Å²) < 4.78 is 5.64. The van der Waals surface area contributed by atoms with Crippen LogP contribution in [0.3, 0.4) is 0 Å². The maximum atomic E-state index is 5.73. The summed E-state index contributed by atoms with van der Waals surface area (Å²) in [7, 11) is 0.311. The molecule has 1 unspecified atom stereocenters. The van der Waals surface area contributed by atoms with E-state index in [1.807, 2.05) is 54.6 Å². The van der Waals surface area contributed by atoms with Crippen molar-refractivity contribution < 1.29 is 4.74 Å². The first kappa shape index (κ1) is 10.5. The summed E-state index contributed by atoms with van der Waals surface area (Å²) in [6, 6.07) is 17.5. The van der Waals surface area contributed by atoms with Crippen LogP contribution in [0.15, 0.2) is 54.6 Å². The molecule has 0 spiro atoms. The van der Waals surface area contributed by atoms with E-state index in [-0.39, 0.29) is 0 Å². The zero-order valence-electron chi connectivity index (χ0n) is 7.98. The Morgan fingerprint density at radius 1 is 0.800 bits per heavy atom. The summed E-state index contributed by atoms with van der Waals surface area (Å²) in [4.78, 5) is 0. The van der Waals surface area contributed by atoms with Gasteiger partial charge in [-0.1, -0.05) is 29.4 Å². The summed E-state index contributed by atoms with van der Waals surface area (Å²) in [5.41, 5.74) is 0. The highest BCUT2D eigenvalue weighted by atomic mass is 35.7. The van der Waals surface area contributed by atoms with Gasteiger partial charge in [-0.3, -0.25) is 0 Å². The maximum Gasteiger partial charge on any atom is 0.127 e. The smallest absolute Gasteiger partial charge is 0.127 e. The van der Waals surface area contributed by atoms with Crippen LogP contribution in [0.5, 0.6) is 11.5 Å². The number of para-hydroxylation sites is 1. The van der Waals surface area contributed by atoms with Crippen LogP contribution < -0.4 is 10.0 Å². The molecular formula is C12H10ClOP. The molecule has 1 atom stereocenters. The number of benzene rings is 2. The number of hydrogen-bond donors (Lipinski definition) is 0. The van der Waals surface area contributed by atoms with Crippen LogP contribution in [0.2, 0.25) is 0 Å². The lowest BCUT2D eigenvalue weighted by Crippen LogP contribution is -1.90. The number of rotatable bonds is 3. The molecule has 2 rings (SSSR count). The molecule has 0 aromatic heterocycles. The second-order valence-electron chi connectivity index (χ2n) is 3.03. The second kappa shape index (κ2) is 5.16. The van der Waals surface area contributed by atoms with Gasteiger partial charge in [0.1, 0.15) is 11.5 Å². The average molecular weight is 237 g/mol. The van der Waals surface area contributed by atoms with Gasteiger partial charge < -0.3 is 4.74 Å². The molecular weight excluding hydrogens is 227 g/mol. The summed E-state index contributed by atoms with van der Waals surface area (Å²) in [6.45, 7) is 0. The first-order valence-electron chi connectivity index (χ1n) is 4.58. The monoisotopic (exact) mass is 236 g/mol. The van der Waals surface area contributed by atoms with E-state index in [0.717, 1.165) is 16.8 Å². The number of ether oxygens (including phenoxy) is 1. The first-order valence-corrected chi connectivity index (χ1v) is 6.59. The molecule has 0 bridgehead atoms. The Morgan fingerprint density at radius 3 is 2.00 bits per heavy atom. The lowest BCUT2D eigenvalue weighted by molar-refractivity contribution is 0.483. The molecule has 0 N–H and O–H groups in total. The molecule has 2 aromatic rings. The van der Waals surface area contributed by atoms with E-state index in [1.54, 1.807) is 0 Å². The van der Waals surface area contributed by atoms with E-state index in [2.05, 4.69) is 0 Å². The third kappa shape index (κ3) is 2.95. The minimum Gasteiger partial charge on any atom is -0.457 e. The predicted octanol–water partition coefficient (Wildman–Crippen LogP) is 3.94. The predicted molar refractivity (Wildman–Crippen MR) is 66.8 cm³/mol. The Bertz CT molecular complexity index is 413. The third-order valence-electron chi connectivity index (χ3n) is 1.94. The highest BCUT2D eigenvalue weighted by Gasteiger charge is 1.96. The lowest BCUT2D eigenvalue weighted by Gasteiger charge is -2.05. The van der Waals surface area contributed by atoms with Crippen LogP contribution in [0, 0.1) is 0 Å². The first-order chi connectivity index (χ1) is 7.38. The number of halogens is 1. The normalized spacial score (nSPS) is 10.7. The van der Waals surface area contributed by atoms with Gasteiger partial charge in [-0.25, -0.2) is 0 Å². The van der Waals surface area contributed by atoms with E-state index in [4.69, 9.17) is 16.0 Å². The Labute approximate surface area is 95.6 Å². The molecule has 2 aromatic carbocycles. The Hall–Kier alpha value is -1.04. The zero-order chi connectivity index (χ0) is 10.5. The van der Waals surface area contributed by atoms with E-state index in [0.29, 0.717) is 7.93 Å². The van der Waals surface area contributed by atoms with E-state index in [1.165, 1.54) is 0 Å². The van der Waals surface area contributed by atoms with Crippen LogP contribution in [-0.2, 0) is 0 Å². The van der Waals surface area contributed by atoms with Crippen molar-refractivity contribution in [3.63, 3.8) is 0 Å². The van der Waals surface area contributed by atoms with Crippen molar-refractivity contribution in [2.45, 2.75) is 0 Å². The molecule has 0 aliphatic rings. The molecule has 0 fully saturated rings. The van der Waals surface area contributed by atoms with Gasteiger partial charge in [-0.2, -0.15) is 0 Å². The van der Waals surface area contributed by atoms with Gasteiger partial charge in [0.25, 0.3) is 0 Å². The fraction of sp³-hybridized carbons (Fsp3) is 0. The molecule has 0 radical (unpaired) electrons. The average Bonchev–Trinajstić information content (AvgIpc) is 2.31. The van der Waals surface area contributed by atoms with Crippen LogP contribution in [-0.4, -0.2) is 0 Å². The lowest BCUT2D eigenvalue weighted by atomic mass is 10.3. The Kier molecular flexibility index (Phi) is 3.60. The maximum absolute atomic E-state index is 5.73. The highest BCUT2D eigenvalue weighted by Crippen LogP contribution is 2.22. The minimum absolute atomic E-state index is 0.311. The van der Waals surface area contributed by atoms with E-state index in [9.17, 15) is 0 Å². The molecule has 0 amide bonds. The molecule has 1 nitrogen and oxygen atoms in total. The standard InChI is InChI=1S/C12H10ClOP/c13-15-12-8-6-11(7-9-12)14-10-4-2-1-3-5-10/h1-9,15H. The van der Waals surface area contributed by atoms with Gasteiger partial charge in [0.05, 0.1) is 0 Å². The molecule has 0 saturated carbocycles. The SMILES string of the molecule is ClPc1ccc(Oc2ccccc2)cc1. The van der Waals surface area contributed by atoms with Crippen molar-refractivity contribution in [2.75, 3.05) is 0 Å². The largest absolute Gasteiger partial charge is 0.457 e. The minimum atomic E-state index is 0.311. The van der Waals surface area contributed by atoms with Gasteiger partial charge in [-0.05, 0) is 41.7 Å². The van der Waals surface area contributed by atoms with Crippen molar-refractivity contribution in [2.24, 2.45) is 0 Å². The topological polar surface area (TPSA) is 9.23 Å². The van der Waals surface area contributed by atoms with Crippen molar-refractivity contribution in [3.05, 3.63) is 54.6 Å². The molecule has 15 heavy (non-hydrogen) atoms. The summed E-state index contributed by atoms with van der Waals surface area (Å²) in [6.07, 6.45) is 0. The van der Waals surface area contributed by atoms with Crippen LogP contribution in [0.25, 0.3) is 0 Å². The zero-order valence-corrected chi connectivity index (χ0v) is 9.74. The quantitative estimate of drug-likeness (QED) is 0.734. The highest BCUT2D eigenvalue weighted by molar-refractivity contribution is 7.74. The summed E-state index contributed by atoms with van der Waals surface area (Å²) in [5, 5.41) is 1.12. The van der Waals surface area contributed by atoms with Crippen LogP contribution >= 0.6 is 19.2 Å². The molecule has 0 aliphatic heterocycles. The summed E-state index contributed by atoms with van der Waals surface area (Å²) in [5.74, 6) is 1.68. The van der Waals surface area contributed by atoms with Crippen molar-refractivity contribution >= 4 is 24.5 Å². The molecule has 3 heteroatoms. The van der Waals surface area contributed by atoms with Gasteiger partial charge in [0, 0.05) is 7.93 Å². The number of hydrogen-bond acceptors (Lipinski definition) is 1. The molecule has 0 heterocycles. The van der Waals surface area contributed by atoms with Gasteiger partial charge in [0.2, 0.25) is 0 Å². The van der Waals surface area contributed by atoms with Crippen LogP contribution in [0.4, 0.5) is 0 Å². The van der Waals surface area contributed by atoms with Crippen molar-refractivity contribution in [1.29, 1.82) is 0 Å². The molecule has 0 saturated heterocycles. The van der Waals surface area contributed by atoms with Gasteiger partial charge >= 0.3 is 0 Å². The fourth-order valence-electron chi connectivity index (χ4n) is 1.21. The van der Waals surface area contributed by atoms with Crippen molar-refractivity contribution in [3.8, 4) is 11.5 Å². The van der Waals surface area contributed by atoms with Crippen molar-refractivity contribution in [1.82, 2.24) is 0 Å². The fourth-order valence-corrected chi connectivity index (χ4v) is 1.88. The van der Waals surface area contributed by atoms with Crippen LogP contribution in [0.1, 0.15) is 0 Å². The van der Waals surface area contributed by atoms with Gasteiger partial charge in [-0.15, -0.1) is 0 Å². The summed E-state index contributed by atoms with van der Waals surface area (Å²) >= 11 is 5.73. The molecule has 76 valence electrons. The third-order valence-corrected chi connectivity index (χ3v) is 3.15. The van der Waals surface area contributed by atoms with E-state index >= 15 is 0 Å². The second-order valence-corrected chi connectivity index (χ2v) is 4.37. The van der Waals surface area contributed by atoms with E-state index < -0.39 is 0 Å². The molecule has 0 aliphatic carbocycles.